The van der Waals surface area contributed by atoms with E-state index in [2.05, 4.69) is 17.6 Å². The van der Waals surface area contributed by atoms with Gasteiger partial charge in [0.2, 0.25) is 5.91 Å². The number of aliphatic imine (C=N–C) groups is 1. The van der Waals surface area contributed by atoms with Crippen LogP contribution in [0.4, 0.5) is 0 Å². The van der Waals surface area contributed by atoms with Crippen molar-refractivity contribution in [3.63, 3.8) is 0 Å². The molecule has 1 saturated heterocycles. The lowest BCUT2D eigenvalue weighted by Gasteiger charge is -2.30. The van der Waals surface area contributed by atoms with Gasteiger partial charge in [-0.1, -0.05) is 30.3 Å². The number of carbonyl (C=O) groups excluding carboxylic acids is 1. The predicted molar refractivity (Wildman–Crippen MR) is 103 cm³/mol. The van der Waals surface area contributed by atoms with Crippen molar-refractivity contribution in [2.75, 3.05) is 45.9 Å². The van der Waals surface area contributed by atoms with E-state index in [9.17, 15) is 4.79 Å². The average Bonchev–Trinajstić information content (AvgIpc) is 3.52. The number of rotatable bonds is 7. The van der Waals surface area contributed by atoms with Crippen LogP contribution < -0.4 is 10.6 Å². The van der Waals surface area contributed by atoms with Gasteiger partial charge < -0.3 is 20.3 Å². The number of nitrogens with zero attached hydrogens (tertiary/aromatic N) is 2. The van der Waals surface area contributed by atoms with Crippen LogP contribution in [0.25, 0.3) is 0 Å². The molecule has 1 aromatic rings. The number of nitrogens with one attached hydrogen (secondary N) is 2. The van der Waals surface area contributed by atoms with Crippen molar-refractivity contribution in [2.45, 2.75) is 25.7 Å². The molecule has 1 atom stereocenters. The monoisotopic (exact) mass is 358 g/mol. The lowest BCUT2D eigenvalue weighted by Crippen LogP contribution is -2.44. The summed E-state index contributed by atoms with van der Waals surface area (Å²) in [6.45, 7) is 6.81. The van der Waals surface area contributed by atoms with Crippen LogP contribution in [0.5, 0.6) is 0 Å². The van der Waals surface area contributed by atoms with Gasteiger partial charge in [0.05, 0.1) is 25.7 Å². The second-order valence-corrected chi connectivity index (χ2v) is 6.94. The number of hydrogen-bond acceptors (Lipinski definition) is 3. The lowest BCUT2D eigenvalue weighted by molar-refractivity contribution is -0.136. The minimum Gasteiger partial charge on any atom is -0.378 e. The molecule has 1 aliphatic heterocycles. The Bertz CT molecular complexity index is 595. The van der Waals surface area contributed by atoms with Gasteiger partial charge in [0.1, 0.15) is 0 Å². The van der Waals surface area contributed by atoms with Crippen molar-refractivity contribution in [3.05, 3.63) is 35.9 Å². The third kappa shape index (κ3) is 5.46. The quantitative estimate of drug-likeness (QED) is 0.574. The summed E-state index contributed by atoms with van der Waals surface area (Å²) in [6.07, 6.45) is 2.60. The number of guanidine groups is 1. The molecule has 1 aliphatic carbocycles. The van der Waals surface area contributed by atoms with E-state index < -0.39 is 0 Å². The van der Waals surface area contributed by atoms with Gasteiger partial charge in [0.15, 0.2) is 5.96 Å². The highest BCUT2D eigenvalue weighted by Crippen LogP contribution is 2.27. The molecule has 1 saturated carbocycles. The summed E-state index contributed by atoms with van der Waals surface area (Å²) in [4.78, 5) is 19.7. The van der Waals surface area contributed by atoms with Gasteiger partial charge in [-0.3, -0.25) is 9.79 Å². The summed E-state index contributed by atoms with van der Waals surface area (Å²) < 4.78 is 5.38. The van der Waals surface area contributed by atoms with Crippen molar-refractivity contribution in [1.29, 1.82) is 0 Å². The molecule has 0 aromatic heterocycles. The van der Waals surface area contributed by atoms with Crippen LogP contribution in [-0.4, -0.2) is 62.7 Å². The van der Waals surface area contributed by atoms with E-state index in [4.69, 9.17) is 9.73 Å². The molecule has 2 fully saturated rings. The van der Waals surface area contributed by atoms with Crippen molar-refractivity contribution in [2.24, 2.45) is 10.9 Å². The van der Waals surface area contributed by atoms with E-state index in [1.165, 1.54) is 12.8 Å². The molecule has 1 heterocycles. The van der Waals surface area contributed by atoms with Gasteiger partial charge in [0, 0.05) is 26.2 Å². The first-order valence-corrected chi connectivity index (χ1v) is 9.71. The summed E-state index contributed by atoms with van der Waals surface area (Å²) in [6, 6.07) is 9.97. The van der Waals surface area contributed by atoms with Gasteiger partial charge in [-0.2, -0.15) is 0 Å². The Balaban J connectivity index is 1.71. The minimum absolute atomic E-state index is 0.140. The van der Waals surface area contributed by atoms with Gasteiger partial charge in [-0.25, -0.2) is 0 Å². The van der Waals surface area contributed by atoms with E-state index in [1.54, 1.807) is 0 Å². The number of carbonyl (C=O) groups is 1. The Morgan fingerprint density at radius 2 is 1.96 bits per heavy atom. The molecule has 1 amide bonds. The van der Waals surface area contributed by atoms with Gasteiger partial charge in [-0.05, 0) is 31.2 Å². The van der Waals surface area contributed by atoms with Crippen LogP contribution in [0.15, 0.2) is 35.3 Å². The van der Waals surface area contributed by atoms with Crippen LogP contribution in [0, 0.1) is 5.92 Å². The second kappa shape index (κ2) is 9.57. The first-order chi connectivity index (χ1) is 12.8. The zero-order valence-electron chi connectivity index (χ0n) is 15.6. The van der Waals surface area contributed by atoms with E-state index in [1.807, 2.05) is 35.2 Å². The van der Waals surface area contributed by atoms with Gasteiger partial charge in [0.25, 0.3) is 0 Å². The highest BCUT2D eigenvalue weighted by atomic mass is 16.5. The highest BCUT2D eigenvalue weighted by molar-refractivity contribution is 5.85. The lowest BCUT2D eigenvalue weighted by atomic mass is 9.97. The Kier molecular flexibility index (Phi) is 6.89. The molecular weight excluding hydrogens is 328 g/mol. The summed E-state index contributed by atoms with van der Waals surface area (Å²) in [5.41, 5.74) is 1.02. The highest BCUT2D eigenvalue weighted by Gasteiger charge is 2.27. The van der Waals surface area contributed by atoms with Crippen LogP contribution in [-0.2, 0) is 9.53 Å². The fourth-order valence-corrected chi connectivity index (χ4v) is 3.10. The number of benzene rings is 1. The summed E-state index contributed by atoms with van der Waals surface area (Å²) in [5.74, 6) is 1.46. The maximum Gasteiger partial charge on any atom is 0.232 e. The third-order valence-electron chi connectivity index (χ3n) is 4.85. The Morgan fingerprint density at radius 1 is 1.23 bits per heavy atom. The number of ether oxygens (including phenoxy) is 1. The van der Waals surface area contributed by atoms with Crippen molar-refractivity contribution < 1.29 is 9.53 Å². The third-order valence-corrected chi connectivity index (χ3v) is 4.85. The molecule has 3 rings (SSSR count). The molecule has 0 spiro atoms. The van der Waals surface area contributed by atoms with E-state index in [0.29, 0.717) is 32.8 Å². The zero-order chi connectivity index (χ0) is 18.2. The Hall–Kier alpha value is -2.08. The summed E-state index contributed by atoms with van der Waals surface area (Å²) in [7, 11) is 0. The molecule has 2 N–H and O–H groups in total. The molecule has 1 aromatic carbocycles. The fraction of sp³-hybridized carbons (Fsp3) is 0.600. The van der Waals surface area contributed by atoms with Crippen LogP contribution >= 0.6 is 0 Å². The van der Waals surface area contributed by atoms with Gasteiger partial charge in [-0.15, -0.1) is 0 Å². The first-order valence-electron chi connectivity index (χ1n) is 9.71. The number of morpholine rings is 1. The van der Waals surface area contributed by atoms with Crippen molar-refractivity contribution >= 4 is 11.9 Å². The molecule has 26 heavy (non-hydrogen) atoms. The van der Waals surface area contributed by atoms with Gasteiger partial charge >= 0.3 is 0 Å². The molecule has 142 valence electrons. The Morgan fingerprint density at radius 3 is 2.62 bits per heavy atom. The number of hydrogen-bond donors (Lipinski definition) is 2. The largest absolute Gasteiger partial charge is 0.378 e. The predicted octanol–water partition coefficient (Wildman–Crippen LogP) is 1.59. The molecule has 0 radical (unpaired) electrons. The second-order valence-electron chi connectivity index (χ2n) is 6.94. The first kappa shape index (κ1) is 18.7. The molecule has 6 nitrogen and oxygen atoms in total. The van der Waals surface area contributed by atoms with E-state index in [-0.39, 0.29) is 11.8 Å². The van der Waals surface area contributed by atoms with Crippen LogP contribution in [0.2, 0.25) is 0 Å². The molecular formula is C20H30N4O2. The topological polar surface area (TPSA) is 66.0 Å². The van der Waals surface area contributed by atoms with Crippen molar-refractivity contribution in [1.82, 2.24) is 15.5 Å². The van der Waals surface area contributed by atoms with Crippen LogP contribution in [0.3, 0.4) is 0 Å². The molecule has 1 unspecified atom stereocenters. The van der Waals surface area contributed by atoms with Crippen molar-refractivity contribution in [3.8, 4) is 0 Å². The molecule has 2 aliphatic rings. The van der Waals surface area contributed by atoms with Crippen LogP contribution in [0.1, 0.15) is 31.2 Å². The fourth-order valence-electron chi connectivity index (χ4n) is 3.10. The average molecular weight is 358 g/mol. The van der Waals surface area contributed by atoms with E-state index in [0.717, 1.165) is 30.5 Å². The van der Waals surface area contributed by atoms with E-state index >= 15 is 0 Å². The molecule has 0 bridgehead atoms. The standard InChI is InChI=1S/C20H30N4O2/c1-2-21-20(22-14-16-8-9-16)23-15-18(17-6-4-3-5-7-17)19(25)24-10-12-26-13-11-24/h3-7,16,18H,2,8-15H2,1H3,(H2,21,22,23). The minimum atomic E-state index is -0.259. The summed E-state index contributed by atoms with van der Waals surface area (Å²) in [5, 5.41) is 6.69. The number of amides is 1. The molecule has 6 heteroatoms. The maximum atomic E-state index is 13.1. The zero-order valence-corrected chi connectivity index (χ0v) is 15.6. The maximum absolute atomic E-state index is 13.1. The SMILES string of the molecule is CCNC(=NCC(C(=O)N1CCOCC1)c1ccccc1)NCC1CC1. The summed E-state index contributed by atoms with van der Waals surface area (Å²) >= 11 is 0. The smallest absolute Gasteiger partial charge is 0.232 e. The Labute approximate surface area is 156 Å². The normalized spacial score (nSPS) is 19.1.